The molecule has 13 heteroatoms. The summed E-state index contributed by atoms with van der Waals surface area (Å²) in [4.78, 5) is 25.0. The van der Waals surface area contributed by atoms with Crippen LogP contribution in [0.3, 0.4) is 0 Å². The zero-order valence-electron chi connectivity index (χ0n) is 23.0. The SMILES string of the molecule is CCc1cc(-c2cc(C3CCN(C(=O)OC(C)(C)CN=[N+]=[N-])C3)[nH]c2C(N=CN)N=NN)cc(CC)c1CO. The Morgan fingerprint density at radius 1 is 1.33 bits per heavy atom. The summed E-state index contributed by atoms with van der Waals surface area (Å²) in [6.07, 6.45) is 2.19. The van der Waals surface area contributed by atoms with Crippen molar-refractivity contribution in [3.05, 3.63) is 56.7 Å². The molecule has 0 bridgehead atoms. The van der Waals surface area contributed by atoms with Crippen molar-refractivity contribution < 1.29 is 14.6 Å². The van der Waals surface area contributed by atoms with Gasteiger partial charge in [-0.1, -0.05) is 36.3 Å². The number of aromatic nitrogens is 1. The van der Waals surface area contributed by atoms with E-state index >= 15 is 0 Å². The zero-order chi connectivity index (χ0) is 28.6. The smallest absolute Gasteiger partial charge is 0.410 e. The lowest BCUT2D eigenvalue weighted by molar-refractivity contribution is 0.0231. The van der Waals surface area contributed by atoms with Crippen molar-refractivity contribution >= 4 is 12.4 Å². The van der Waals surface area contributed by atoms with Crippen molar-refractivity contribution in [3.63, 3.8) is 0 Å². The van der Waals surface area contributed by atoms with Gasteiger partial charge in [0.25, 0.3) is 0 Å². The minimum atomic E-state index is -0.913. The number of benzene rings is 1. The van der Waals surface area contributed by atoms with Gasteiger partial charge in [-0.2, -0.15) is 0 Å². The minimum absolute atomic E-state index is 0.00983. The molecule has 3 rings (SSSR count). The molecule has 1 aromatic heterocycles. The molecular weight excluding hydrogens is 500 g/mol. The lowest BCUT2D eigenvalue weighted by Crippen LogP contribution is -2.38. The molecule has 210 valence electrons. The van der Waals surface area contributed by atoms with Crippen LogP contribution in [0.1, 0.15) is 74.3 Å². The van der Waals surface area contributed by atoms with Crippen LogP contribution >= 0.6 is 0 Å². The Morgan fingerprint density at radius 2 is 2.03 bits per heavy atom. The highest BCUT2D eigenvalue weighted by atomic mass is 16.6. The summed E-state index contributed by atoms with van der Waals surface area (Å²) in [5.74, 6) is 5.40. The molecule has 1 aromatic carbocycles. The number of rotatable bonds is 11. The van der Waals surface area contributed by atoms with Gasteiger partial charge in [-0.25, -0.2) is 9.79 Å². The molecule has 13 nitrogen and oxygen atoms in total. The van der Waals surface area contributed by atoms with Gasteiger partial charge in [0.15, 0.2) is 0 Å². The Morgan fingerprint density at radius 3 is 2.59 bits per heavy atom. The Balaban J connectivity index is 1.99. The van der Waals surface area contributed by atoms with E-state index in [1.807, 2.05) is 0 Å². The van der Waals surface area contributed by atoms with E-state index in [1.165, 1.54) is 6.34 Å². The summed E-state index contributed by atoms with van der Waals surface area (Å²) in [6.45, 7) is 8.52. The molecule has 2 unspecified atom stereocenters. The number of aliphatic imine (C=N–C) groups is 1. The minimum Gasteiger partial charge on any atom is -0.443 e. The van der Waals surface area contributed by atoms with Crippen LogP contribution in [-0.2, 0) is 24.2 Å². The molecule has 0 saturated carbocycles. The number of hydrogen-bond donors (Lipinski definition) is 4. The Kier molecular flexibility index (Phi) is 9.91. The number of aliphatic hydroxyl groups excluding tert-OH is 1. The molecule has 1 saturated heterocycles. The van der Waals surface area contributed by atoms with E-state index < -0.39 is 17.9 Å². The van der Waals surface area contributed by atoms with Gasteiger partial charge in [0.2, 0.25) is 6.17 Å². The van der Waals surface area contributed by atoms with Crippen LogP contribution in [0, 0.1) is 0 Å². The van der Waals surface area contributed by atoms with Gasteiger partial charge in [0, 0.05) is 35.2 Å². The maximum Gasteiger partial charge on any atom is 0.410 e. The quantitative estimate of drug-likeness (QED) is 0.0613. The molecule has 0 aliphatic carbocycles. The number of likely N-dealkylation sites (tertiary alicyclic amines) is 1. The molecular formula is C26H38N10O3. The molecule has 0 radical (unpaired) electrons. The molecule has 2 aromatic rings. The Bertz CT molecular complexity index is 1230. The second-order valence-electron chi connectivity index (χ2n) is 10.0. The third kappa shape index (κ3) is 6.87. The molecule has 2 atom stereocenters. The fourth-order valence-corrected chi connectivity index (χ4v) is 4.96. The number of H-pyrrole nitrogens is 1. The van der Waals surface area contributed by atoms with Gasteiger partial charge in [-0.05, 0) is 67.0 Å². The fraction of sp³-hybridized carbons (Fsp3) is 0.538. The summed E-state index contributed by atoms with van der Waals surface area (Å²) >= 11 is 0. The van der Waals surface area contributed by atoms with E-state index in [-0.39, 0.29) is 19.1 Å². The second-order valence-corrected chi connectivity index (χ2v) is 10.0. The van der Waals surface area contributed by atoms with Gasteiger partial charge >= 0.3 is 6.09 Å². The van der Waals surface area contributed by atoms with Crippen molar-refractivity contribution in [2.75, 3.05) is 19.6 Å². The van der Waals surface area contributed by atoms with E-state index in [0.29, 0.717) is 18.8 Å². The number of carbonyl (C=O) groups excluding carboxylic acids is 1. The van der Waals surface area contributed by atoms with Crippen LogP contribution in [0.15, 0.2) is 38.6 Å². The van der Waals surface area contributed by atoms with Gasteiger partial charge in [-0.3, -0.25) is 0 Å². The standard InChI is InChI=1S/C26H38N10O3/c1-5-16-9-19(10-17(6-2)21(16)13-37)20-11-22(32-23(20)24(30-15-27)33-35-29)18-7-8-36(12-18)25(38)39-26(3,4)14-31-34-28/h9-11,15,18,24,32,37H,5-8,12-14H2,1-4H3,(H2,27,30)(H2,29,33). The van der Waals surface area contributed by atoms with E-state index in [0.717, 1.165) is 52.8 Å². The van der Waals surface area contributed by atoms with Crippen molar-refractivity contribution in [1.29, 1.82) is 0 Å². The second kappa shape index (κ2) is 13.1. The fourth-order valence-electron chi connectivity index (χ4n) is 4.96. The highest BCUT2D eigenvalue weighted by molar-refractivity contribution is 5.72. The van der Waals surface area contributed by atoms with Crippen LogP contribution in [0.5, 0.6) is 0 Å². The van der Waals surface area contributed by atoms with E-state index in [2.05, 4.69) is 62.4 Å². The van der Waals surface area contributed by atoms with E-state index in [9.17, 15) is 9.90 Å². The van der Waals surface area contributed by atoms with E-state index in [4.69, 9.17) is 21.8 Å². The lowest BCUT2D eigenvalue weighted by Gasteiger charge is -2.26. The van der Waals surface area contributed by atoms with Crippen LogP contribution in [0.4, 0.5) is 4.79 Å². The summed E-state index contributed by atoms with van der Waals surface area (Å²) in [5.41, 5.74) is 19.8. The number of nitrogens with zero attached hydrogens (tertiary/aromatic N) is 7. The molecule has 1 amide bonds. The number of azide groups is 1. The number of ether oxygens (including phenoxy) is 1. The number of aromatic amines is 1. The Labute approximate surface area is 227 Å². The van der Waals surface area contributed by atoms with Crippen LogP contribution in [-0.4, -0.2) is 52.7 Å². The summed E-state index contributed by atoms with van der Waals surface area (Å²) < 4.78 is 5.60. The maximum absolute atomic E-state index is 12.8. The maximum atomic E-state index is 12.8. The number of nitrogens with one attached hydrogen (secondary N) is 1. The predicted octanol–water partition coefficient (Wildman–Crippen LogP) is 4.63. The van der Waals surface area contributed by atoms with Gasteiger partial charge in [-0.15, -0.1) is 5.11 Å². The number of carbonyl (C=O) groups is 1. The molecule has 0 spiro atoms. The molecule has 6 N–H and O–H groups in total. The van der Waals surface area contributed by atoms with Crippen molar-refractivity contribution in [2.24, 2.45) is 32.0 Å². The third-order valence-electron chi connectivity index (χ3n) is 6.96. The van der Waals surface area contributed by atoms with Crippen LogP contribution in [0.25, 0.3) is 21.6 Å². The highest BCUT2D eigenvalue weighted by Gasteiger charge is 2.33. The van der Waals surface area contributed by atoms with Gasteiger partial charge in [0.05, 0.1) is 25.2 Å². The Hall–Kier alpha value is -4.09. The van der Waals surface area contributed by atoms with Gasteiger partial charge < -0.3 is 31.3 Å². The summed E-state index contributed by atoms with van der Waals surface area (Å²) in [5, 5.41) is 21.1. The first kappa shape index (κ1) is 29.5. The normalized spacial score (nSPS) is 16.6. The van der Waals surface area contributed by atoms with Crippen LogP contribution < -0.4 is 11.6 Å². The number of amides is 1. The molecule has 1 aliphatic heterocycles. The van der Waals surface area contributed by atoms with Crippen molar-refractivity contribution in [2.45, 2.75) is 71.2 Å². The number of hydrogen-bond acceptors (Lipinski definition) is 7. The topological polar surface area (TPSA) is 203 Å². The van der Waals surface area contributed by atoms with Crippen molar-refractivity contribution in [3.8, 4) is 11.1 Å². The van der Waals surface area contributed by atoms with E-state index in [1.54, 1.807) is 18.7 Å². The largest absolute Gasteiger partial charge is 0.443 e. The third-order valence-corrected chi connectivity index (χ3v) is 6.96. The first-order chi connectivity index (χ1) is 18.7. The first-order valence-corrected chi connectivity index (χ1v) is 13.0. The van der Waals surface area contributed by atoms with Gasteiger partial charge in [0.1, 0.15) is 5.60 Å². The zero-order valence-corrected chi connectivity index (χ0v) is 23.0. The average molecular weight is 539 g/mol. The van der Waals surface area contributed by atoms with Crippen molar-refractivity contribution in [1.82, 2.24) is 9.88 Å². The molecule has 1 fully saturated rings. The average Bonchev–Trinajstić information content (AvgIpc) is 3.59. The first-order valence-electron chi connectivity index (χ1n) is 13.0. The summed E-state index contributed by atoms with van der Waals surface area (Å²) in [7, 11) is 0. The summed E-state index contributed by atoms with van der Waals surface area (Å²) in [6, 6.07) is 6.21. The monoisotopic (exact) mass is 538 g/mol. The number of aliphatic hydroxyl groups is 1. The van der Waals surface area contributed by atoms with Crippen LogP contribution in [0.2, 0.25) is 0 Å². The lowest BCUT2D eigenvalue weighted by atomic mass is 9.91. The number of nitrogens with two attached hydrogens (primary N) is 2. The molecule has 1 aliphatic rings. The number of aryl methyl sites for hydroxylation is 2. The molecule has 2 heterocycles. The molecule has 39 heavy (non-hydrogen) atoms. The predicted molar refractivity (Wildman–Crippen MR) is 149 cm³/mol. The highest BCUT2D eigenvalue weighted by Crippen LogP contribution is 2.38.